The molecule has 176 valence electrons. The van der Waals surface area contributed by atoms with Gasteiger partial charge in [-0.05, 0) is 48.0 Å². The summed E-state index contributed by atoms with van der Waals surface area (Å²) in [5.74, 6) is -4.86. The van der Waals surface area contributed by atoms with Crippen molar-refractivity contribution in [1.82, 2.24) is 5.32 Å². The molecule has 2 aromatic carbocycles. The molecule has 2 N–H and O–H groups in total. The van der Waals surface area contributed by atoms with Crippen LogP contribution in [0, 0.1) is 11.6 Å². The van der Waals surface area contributed by atoms with E-state index in [4.69, 9.17) is 14.6 Å². The maximum atomic E-state index is 14.2. The summed E-state index contributed by atoms with van der Waals surface area (Å²) in [4.78, 5) is 47.0. The molecule has 0 aromatic heterocycles. The normalized spacial score (nSPS) is 11.4. The smallest absolute Gasteiger partial charge is 0.372 e. The summed E-state index contributed by atoms with van der Waals surface area (Å²) in [6.45, 7) is 3.01. The Balaban J connectivity index is 2.27. The Morgan fingerprint density at radius 1 is 1.12 bits per heavy atom. The van der Waals surface area contributed by atoms with E-state index in [-0.39, 0.29) is 34.8 Å². The number of carbonyl (C=O) groups is 4. The van der Waals surface area contributed by atoms with Crippen molar-refractivity contribution in [3.63, 3.8) is 0 Å². The number of ether oxygens (including phenoxy) is 2. The predicted octanol–water partition coefficient (Wildman–Crippen LogP) is 4.02. The molecule has 0 spiro atoms. The lowest BCUT2D eigenvalue weighted by atomic mass is 10.0. The number of esters is 1. The van der Waals surface area contributed by atoms with Gasteiger partial charge in [0.15, 0.2) is 0 Å². The van der Waals surface area contributed by atoms with E-state index in [0.29, 0.717) is 24.2 Å². The zero-order valence-electron chi connectivity index (χ0n) is 17.7. The van der Waals surface area contributed by atoms with Gasteiger partial charge >= 0.3 is 17.2 Å². The molecule has 2 aromatic rings. The molecule has 0 aliphatic carbocycles. The van der Waals surface area contributed by atoms with Gasteiger partial charge in [0, 0.05) is 24.3 Å². The summed E-state index contributed by atoms with van der Waals surface area (Å²) in [7, 11) is 0. The number of carboxylic acids is 1. The molecule has 2 rings (SSSR count). The average molecular weight is 481 g/mol. The van der Waals surface area contributed by atoms with Crippen LogP contribution in [0.25, 0.3) is 11.1 Å². The minimum absolute atomic E-state index is 0.0211. The third-order valence-corrected chi connectivity index (χ3v) is 4.93. The minimum Gasteiger partial charge on any atom is -0.480 e. The van der Waals surface area contributed by atoms with Crippen molar-refractivity contribution in [3.05, 3.63) is 53.6 Å². The monoisotopic (exact) mass is 481 g/mol. The van der Waals surface area contributed by atoms with Gasteiger partial charge in [-0.2, -0.15) is 0 Å². The summed E-state index contributed by atoms with van der Waals surface area (Å²) in [6, 6.07) is 5.52. The molecule has 0 fully saturated rings. The third kappa shape index (κ3) is 7.56. The van der Waals surface area contributed by atoms with E-state index >= 15 is 0 Å². The maximum absolute atomic E-state index is 14.2. The summed E-state index contributed by atoms with van der Waals surface area (Å²) in [6.07, 6.45) is 0.530. The van der Waals surface area contributed by atoms with E-state index in [2.05, 4.69) is 5.32 Å². The van der Waals surface area contributed by atoms with Gasteiger partial charge < -0.3 is 19.9 Å². The van der Waals surface area contributed by atoms with Crippen molar-refractivity contribution in [2.45, 2.75) is 26.3 Å². The zero-order valence-corrected chi connectivity index (χ0v) is 18.5. The molecule has 33 heavy (non-hydrogen) atoms. The van der Waals surface area contributed by atoms with Crippen LogP contribution in [0.5, 0.6) is 5.75 Å². The first-order chi connectivity index (χ1) is 15.6. The van der Waals surface area contributed by atoms with Crippen LogP contribution in [0.4, 0.5) is 13.6 Å². The first-order valence-electron chi connectivity index (χ1n) is 9.73. The number of thioether (sulfide) groups is 1. The van der Waals surface area contributed by atoms with Crippen LogP contribution < -0.4 is 10.1 Å². The highest BCUT2D eigenvalue weighted by molar-refractivity contribution is 8.13. The second-order valence-electron chi connectivity index (χ2n) is 6.73. The van der Waals surface area contributed by atoms with E-state index in [0.717, 1.165) is 13.0 Å². The molecule has 0 heterocycles. The zero-order chi connectivity index (χ0) is 24.5. The second kappa shape index (κ2) is 12.0. The first-order valence-corrected chi connectivity index (χ1v) is 10.7. The van der Waals surface area contributed by atoms with Gasteiger partial charge in [0.05, 0.1) is 6.61 Å². The highest BCUT2D eigenvalue weighted by atomic mass is 32.2. The highest BCUT2D eigenvalue weighted by Gasteiger charge is 2.23. The molecule has 0 saturated carbocycles. The number of rotatable bonds is 9. The van der Waals surface area contributed by atoms with Gasteiger partial charge in [-0.25, -0.2) is 23.2 Å². The van der Waals surface area contributed by atoms with Crippen molar-refractivity contribution < 1.29 is 42.5 Å². The summed E-state index contributed by atoms with van der Waals surface area (Å²) < 4.78 is 37.7. The van der Waals surface area contributed by atoms with Gasteiger partial charge in [-0.3, -0.25) is 4.79 Å². The van der Waals surface area contributed by atoms with Crippen molar-refractivity contribution in [2.24, 2.45) is 0 Å². The fraction of sp³-hybridized carbons (Fsp3) is 0.273. The van der Waals surface area contributed by atoms with E-state index in [1.54, 1.807) is 6.92 Å². The second-order valence-corrected chi connectivity index (χ2v) is 7.68. The van der Waals surface area contributed by atoms with Crippen LogP contribution in [0.1, 0.15) is 30.6 Å². The quantitative estimate of drug-likeness (QED) is 0.516. The number of halogens is 2. The third-order valence-electron chi connectivity index (χ3n) is 4.12. The van der Waals surface area contributed by atoms with Gasteiger partial charge in [0.1, 0.15) is 29.0 Å². The van der Waals surface area contributed by atoms with Crippen molar-refractivity contribution >= 4 is 34.9 Å². The molecular formula is C22H21F2NO7S. The van der Waals surface area contributed by atoms with Gasteiger partial charge in [0.25, 0.3) is 0 Å². The van der Waals surface area contributed by atoms with Crippen molar-refractivity contribution in [1.29, 1.82) is 0 Å². The molecule has 8 nitrogen and oxygen atoms in total. The largest absolute Gasteiger partial charge is 0.480 e. The number of nitrogens with one attached hydrogen (secondary N) is 1. The maximum Gasteiger partial charge on any atom is 0.372 e. The first kappa shape index (κ1) is 25.8. The SMILES string of the molecule is CCCOC(=O)c1cc(-c2ccc(F)cc2F)ccc1OC(=O)SC[C@@H](NC(C)=O)C(=O)O. The van der Waals surface area contributed by atoms with E-state index < -0.39 is 40.8 Å². The molecule has 0 bridgehead atoms. The Bertz CT molecular complexity index is 1060. The Labute approximate surface area is 192 Å². The fourth-order valence-electron chi connectivity index (χ4n) is 2.63. The van der Waals surface area contributed by atoms with Gasteiger partial charge in [-0.1, -0.05) is 13.0 Å². The molecule has 11 heteroatoms. The standard InChI is InChI=1S/C22H21F2NO7S/c1-3-8-31-21(29)16-9-13(15-6-5-14(23)10-17(15)24)4-7-19(16)32-22(30)33-11-18(20(27)28)25-12(2)26/h4-7,9-10,18H,3,8,11H2,1-2H3,(H,25,26)(H,27,28)/t18-/m1/s1. The molecule has 0 unspecified atom stereocenters. The van der Waals surface area contributed by atoms with Crippen molar-refractivity contribution in [2.75, 3.05) is 12.4 Å². The number of aliphatic carboxylic acids is 1. The number of benzene rings is 2. The molecule has 0 saturated heterocycles. The van der Waals surface area contributed by atoms with E-state index in [1.165, 1.54) is 24.3 Å². The number of carboxylic acid groups (broad SMARTS) is 1. The van der Waals surface area contributed by atoms with Crippen LogP contribution in [-0.2, 0) is 14.3 Å². The topological polar surface area (TPSA) is 119 Å². The summed E-state index contributed by atoms with van der Waals surface area (Å²) in [5.41, 5.74) is 0.0723. The Morgan fingerprint density at radius 3 is 2.45 bits per heavy atom. The number of amides is 1. The van der Waals surface area contributed by atoms with Crippen molar-refractivity contribution in [3.8, 4) is 16.9 Å². The fourth-order valence-corrected chi connectivity index (χ4v) is 3.31. The highest BCUT2D eigenvalue weighted by Crippen LogP contribution is 2.30. The van der Waals surface area contributed by atoms with Crippen LogP contribution in [0.15, 0.2) is 36.4 Å². The molecule has 1 atom stereocenters. The molecule has 0 aliphatic rings. The van der Waals surface area contributed by atoms with E-state index in [9.17, 15) is 28.0 Å². The van der Waals surface area contributed by atoms with Crippen LogP contribution in [0.2, 0.25) is 0 Å². The minimum atomic E-state index is -1.33. The predicted molar refractivity (Wildman–Crippen MR) is 116 cm³/mol. The lowest BCUT2D eigenvalue weighted by molar-refractivity contribution is -0.140. The molecular weight excluding hydrogens is 460 g/mol. The number of hydrogen-bond acceptors (Lipinski definition) is 7. The number of carbonyl (C=O) groups excluding carboxylic acids is 3. The number of hydrogen-bond donors (Lipinski definition) is 2. The molecule has 0 aliphatic heterocycles. The lowest BCUT2D eigenvalue weighted by Crippen LogP contribution is -2.41. The van der Waals surface area contributed by atoms with Gasteiger partial charge in [-0.15, -0.1) is 0 Å². The van der Waals surface area contributed by atoms with E-state index in [1.807, 2.05) is 0 Å². The summed E-state index contributed by atoms with van der Waals surface area (Å²) >= 11 is 0.482. The Hall–Kier alpha value is -3.47. The summed E-state index contributed by atoms with van der Waals surface area (Å²) in [5, 5.41) is 10.4. The Kier molecular flexibility index (Phi) is 9.34. The molecule has 0 radical (unpaired) electrons. The molecule has 1 amide bonds. The van der Waals surface area contributed by atoms with Crippen LogP contribution >= 0.6 is 11.8 Å². The van der Waals surface area contributed by atoms with Crippen LogP contribution in [0.3, 0.4) is 0 Å². The van der Waals surface area contributed by atoms with Gasteiger partial charge in [0.2, 0.25) is 5.91 Å². The van der Waals surface area contributed by atoms with Crippen LogP contribution in [-0.4, -0.2) is 46.7 Å². The lowest BCUT2D eigenvalue weighted by Gasteiger charge is -2.14. The Morgan fingerprint density at radius 2 is 1.85 bits per heavy atom. The average Bonchev–Trinajstić information content (AvgIpc) is 2.75.